The van der Waals surface area contributed by atoms with E-state index in [-0.39, 0.29) is 22.5 Å². The number of amides is 1. The van der Waals surface area contributed by atoms with Gasteiger partial charge in [0.05, 0.1) is 0 Å². The number of nitrogens with zero attached hydrogens (tertiary/aromatic N) is 1. The van der Waals surface area contributed by atoms with Gasteiger partial charge < -0.3 is 14.4 Å². The monoisotopic (exact) mass is 360 g/mol. The third kappa shape index (κ3) is 6.17. The normalized spacial score (nSPS) is 14.5. The van der Waals surface area contributed by atoms with E-state index in [1.807, 2.05) is 5.32 Å². The Morgan fingerprint density at radius 3 is 2.32 bits per heavy atom. The molecule has 25 heavy (non-hydrogen) atoms. The predicted octanol–water partition coefficient (Wildman–Crippen LogP) is 5.20. The molecule has 0 atom stereocenters. The van der Waals surface area contributed by atoms with Gasteiger partial charge in [0.1, 0.15) is 11.1 Å². The second kappa shape index (κ2) is 8.59. The molecule has 1 amide bonds. The van der Waals surface area contributed by atoms with Crippen LogP contribution in [0.4, 0.5) is 23.8 Å². The van der Waals surface area contributed by atoms with Crippen LogP contribution >= 0.6 is 0 Å². The van der Waals surface area contributed by atoms with E-state index < -0.39 is 18.9 Å². The van der Waals surface area contributed by atoms with Crippen LogP contribution in [0.3, 0.4) is 0 Å². The van der Waals surface area contributed by atoms with Crippen LogP contribution in [-0.4, -0.2) is 29.1 Å². The van der Waals surface area contributed by atoms with Crippen molar-refractivity contribution in [3.05, 3.63) is 18.2 Å². The second-order valence-corrected chi connectivity index (χ2v) is 5.62. The first kappa shape index (κ1) is 18.9. The van der Waals surface area contributed by atoms with Gasteiger partial charge in [-0.2, -0.15) is 13.2 Å². The molecule has 0 radical (unpaired) electrons. The van der Waals surface area contributed by atoms with E-state index in [1.54, 1.807) is 0 Å². The highest BCUT2D eigenvalue weighted by atomic mass is 19.4. The van der Waals surface area contributed by atoms with E-state index in [9.17, 15) is 18.0 Å². The molecule has 0 bridgehead atoms. The number of fused-ring (bicyclic) bond motifs is 1. The minimum absolute atomic E-state index is 0.0363. The molecule has 1 aromatic carbocycles. The Hall–Kier alpha value is -2.45. The summed E-state index contributed by atoms with van der Waals surface area (Å²) in [6.45, 7) is -1.50. The number of anilines is 1. The largest absolute Gasteiger partial charge is 0.483 e. The minimum Gasteiger partial charge on any atom is -0.483 e. The average molecular weight is 360 g/mol. The number of benzene rings is 1. The molecule has 0 aliphatic heterocycles. The van der Waals surface area contributed by atoms with Gasteiger partial charge in [0.2, 0.25) is 0 Å². The molecule has 1 aliphatic rings. The molecule has 0 spiro atoms. The van der Waals surface area contributed by atoms with Gasteiger partial charge in [-0.3, -0.25) is 5.32 Å². The van der Waals surface area contributed by atoms with E-state index in [0.29, 0.717) is 0 Å². The molecule has 1 aromatic heterocycles. The number of aromatic nitrogens is 1. The molecule has 6 nitrogen and oxygen atoms in total. The van der Waals surface area contributed by atoms with Crippen molar-refractivity contribution in [1.29, 1.82) is 0 Å². The summed E-state index contributed by atoms with van der Waals surface area (Å²) in [5.74, 6) is -0.389. The summed E-state index contributed by atoms with van der Waals surface area (Å²) in [7, 11) is 0. The van der Waals surface area contributed by atoms with Crippen LogP contribution in [0, 0.1) is 0 Å². The number of hydrogen-bond donors (Lipinski definition) is 2. The Balaban J connectivity index is 0.000000316. The zero-order valence-corrected chi connectivity index (χ0v) is 13.4. The van der Waals surface area contributed by atoms with Gasteiger partial charge in [0, 0.05) is 0 Å². The number of carboxylic acid groups (broad SMARTS) is 1. The van der Waals surface area contributed by atoms with Crippen LogP contribution in [0.15, 0.2) is 22.7 Å². The third-order valence-electron chi connectivity index (χ3n) is 3.58. The number of carbonyl (C=O) groups is 1. The summed E-state index contributed by atoms with van der Waals surface area (Å²) in [6, 6.07) is 4.10. The smallest absolute Gasteiger partial charge is 0.422 e. The Morgan fingerprint density at radius 1 is 1.20 bits per heavy atom. The van der Waals surface area contributed by atoms with Crippen LogP contribution in [0.5, 0.6) is 5.75 Å². The number of halogens is 3. The lowest BCUT2D eigenvalue weighted by atomic mass is 10.0. The Kier molecular flexibility index (Phi) is 6.49. The molecule has 138 valence electrons. The molecule has 2 N–H and O–H groups in total. The number of hydrogen-bond acceptors (Lipinski definition) is 4. The van der Waals surface area contributed by atoms with Crippen molar-refractivity contribution >= 4 is 22.9 Å². The van der Waals surface area contributed by atoms with E-state index >= 15 is 0 Å². The van der Waals surface area contributed by atoms with Gasteiger partial charge in [-0.25, -0.2) is 4.79 Å². The van der Waals surface area contributed by atoms with Gasteiger partial charge in [-0.05, 0) is 12.1 Å². The first-order valence-electron chi connectivity index (χ1n) is 7.95. The maximum absolute atomic E-state index is 12.1. The summed E-state index contributed by atoms with van der Waals surface area (Å²) < 4.78 is 45.7. The van der Waals surface area contributed by atoms with Crippen LogP contribution in [0.1, 0.15) is 38.5 Å². The first-order valence-corrected chi connectivity index (χ1v) is 7.95. The molecule has 1 saturated carbocycles. The average Bonchev–Trinajstić information content (AvgIpc) is 2.97. The molecule has 9 heteroatoms. The molecule has 3 rings (SSSR count). The fourth-order valence-electron chi connectivity index (χ4n) is 2.49. The zero-order chi connectivity index (χ0) is 18.3. The number of alkyl halides is 3. The maximum atomic E-state index is 12.1. The maximum Gasteiger partial charge on any atom is 0.422 e. The van der Waals surface area contributed by atoms with Crippen molar-refractivity contribution < 1.29 is 32.3 Å². The number of ether oxygens (including phenoxy) is 1. The molecular formula is C16H19F3N2O4. The third-order valence-corrected chi connectivity index (χ3v) is 3.58. The van der Waals surface area contributed by atoms with Gasteiger partial charge in [0.25, 0.3) is 0 Å². The van der Waals surface area contributed by atoms with E-state index in [0.717, 1.165) is 0 Å². The van der Waals surface area contributed by atoms with Crippen LogP contribution < -0.4 is 10.1 Å². The number of nitrogens with one attached hydrogen (secondary N) is 1. The highest BCUT2D eigenvalue weighted by molar-refractivity contribution is 5.99. The van der Waals surface area contributed by atoms with Crippen molar-refractivity contribution in [2.75, 3.05) is 11.9 Å². The SMILES string of the molecule is C1CCCCC1.O=C(O)Nc1noc2cccc(OCC(F)(F)F)c12. The van der Waals surface area contributed by atoms with E-state index in [1.165, 1.54) is 56.7 Å². The van der Waals surface area contributed by atoms with Crippen molar-refractivity contribution in [2.45, 2.75) is 44.7 Å². The number of rotatable bonds is 3. The Morgan fingerprint density at radius 2 is 1.80 bits per heavy atom. The molecule has 0 saturated heterocycles. The lowest BCUT2D eigenvalue weighted by molar-refractivity contribution is -0.153. The van der Waals surface area contributed by atoms with Gasteiger partial charge in [-0.1, -0.05) is 49.7 Å². The van der Waals surface area contributed by atoms with Crippen LogP contribution in [-0.2, 0) is 0 Å². The minimum atomic E-state index is -4.50. The lowest BCUT2D eigenvalue weighted by Crippen LogP contribution is -2.19. The van der Waals surface area contributed by atoms with Gasteiger partial charge >= 0.3 is 12.3 Å². The Bertz CT molecular complexity index is 685. The first-order chi connectivity index (χ1) is 11.9. The standard InChI is InChI=1S/C10H7F3N2O4.C6H12/c11-10(12,13)4-18-5-2-1-3-6-7(5)8(15-19-6)14-9(16)17;1-2-4-6-5-3-1/h1-3H,4H2,(H,14,15)(H,16,17);1-6H2. The molecule has 0 unspecified atom stereocenters. The summed E-state index contributed by atoms with van der Waals surface area (Å²) >= 11 is 0. The second-order valence-electron chi connectivity index (χ2n) is 5.62. The summed E-state index contributed by atoms with van der Waals surface area (Å²) in [6.07, 6.45) is 3.08. The molecular weight excluding hydrogens is 341 g/mol. The summed E-state index contributed by atoms with van der Waals surface area (Å²) in [4.78, 5) is 10.5. The predicted molar refractivity (Wildman–Crippen MR) is 84.9 cm³/mol. The van der Waals surface area contributed by atoms with E-state index in [4.69, 9.17) is 9.63 Å². The van der Waals surface area contributed by atoms with Crippen molar-refractivity contribution in [3.63, 3.8) is 0 Å². The molecule has 1 fully saturated rings. The topological polar surface area (TPSA) is 84.6 Å². The van der Waals surface area contributed by atoms with Gasteiger partial charge in [-0.15, -0.1) is 0 Å². The zero-order valence-electron chi connectivity index (χ0n) is 13.4. The quantitative estimate of drug-likeness (QED) is 0.786. The lowest BCUT2D eigenvalue weighted by Gasteiger charge is -2.09. The molecule has 1 heterocycles. The fraction of sp³-hybridized carbons (Fsp3) is 0.500. The van der Waals surface area contributed by atoms with Gasteiger partial charge in [0.15, 0.2) is 18.0 Å². The van der Waals surface area contributed by atoms with Crippen molar-refractivity contribution in [1.82, 2.24) is 5.16 Å². The highest BCUT2D eigenvalue weighted by Gasteiger charge is 2.29. The molecule has 2 aromatic rings. The van der Waals surface area contributed by atoms with Crippen LogP contribution in [0.25, 0.3) is 11.0 Å². The van der Waals surface area contributed by atoms with E-state index in [2.05, 4.69) is 9.89 Å². The molecule has 1 aliphatic carbocycles. The Labute approximate surface area is 141 Å². The summed E-state index contributed by atoms with van der Waals surface area (Å²) in [5.41, 5.74) is 0.114. The van der Waals surface area contributed by atoms with Crippen molar-refractivity contribution in [2.24, 2.45) is 0 Å². The van der Waals surface area contributed by atoms with Crippen molar-refractivity contribution in [3.8, 4) is 5.75 Å². The highest BCUT2D eigenvalue weighted by Crippen LogP contribution is 2.33. The van der Waals surface area contributed by atoms with Crippen LogP contribution in [0.2, 0.25) is 0 Å². The summed E-state index contributed by atoms with van der Waals surface area (Å²) in [5, 5.41) is 13.9. The fourth-order valence-corrected chi connectivity index (χ4v) is 2.49.